The van der Waals surface area contributed by atoms with Crippen molar-refractivity contribution in [2.45, 2.75) is 19.3 Å². The van der Waals surface area contributed by atoms with Crippen molar-refractivity contribution in [1.82, 2.24) is 5.32 Å². The maximum absolute atomic E-state index is 11.7. The number of carbonyl (C=O) groups is 2. The third-order valence-electron chi connectivity index (χ3n) is 2.16. The van der Waals surface area contributed by atoms with E-state index < -0.39 is 0 Å². The first-order chi connectivity index (χ1) is 9.13. The van der Waals surface area contributed by atoms with Crippen molar-refractivity contribution in [1.29, 1.82) is 0 Å². The Hall–Kier alpha value is -1.84. The average molecular weight is 280 g/mol. The monoisotopic (exact) mass is 280 g/mol. The van der Waals surface area contributed by atoms with Crippen molar-refractivity contribution < 1.29 is 14.7 Å². The second-order valence-electron chi connectivity index (χ2n) is 3.77. The van der Waals surface area contributed by atoms with E-state index in [0.29, 0.717) is 24.3 Å². The third kappa shape index (κ3) is 6.04. The molecule has 0 aliphatic heterocycles. The van der Waals surface area contributed by atoms with Gasteiger partial charge < -0.3 is 16.2 Å². The molecule has 5 nitrogen and oxygen atoms in total. The lowest BCUT2D eigenvalue weighted by atomic mass is 10.3. The summed E-state index contributed by atoms with van der Waals surface area (Å²) in [4.78, 5) is 23.6. The van der Waals surface area contributed by atoms with Crippen LogP contribution in [0.5, 0.6) is 0 Å². The zero-order chi connectivity index (χ0) is 14.1. The van der Waals surface area contributed by atoms with E-state index in [1.54, 1.807) is 12.1 Å². The topological polar surface area (TPSA) is 92.4 Å². The van der Waals surface area contributed by atoms with E-state index >= 15 is 0 Å². The summed E-state index contributed by atoms with van der Waals surface area (Å²) >= 11 is 1.30. The number of carbonyl (C=O) groups excluding carboxylic acids is 2. The van der Waals surface area contributed by atoms with Crippen molar-refractivity contribution in [2.24, 2.45) is 5.73 Å². The van der Waals surface area contributed by atoms with Crippen molar-refractivity contribution in [2.75, 3.05) is 13.2 Å². The smallest absolute Gasteiger partial charge is 0.261 e. The molecule has 0 aliphatic rings. The van der Waals surface area contributed by atoms with Gasteiger partial charge in [0, 0.05) is 19.4 Å². The van der Waals surface area contributed by atoms with Crippen molar-refractivity contribution in [3.05, 3.63) is 21.9 Å². The van der Waals surface area contributed by atoms with Crippen LogP contribution in [0.4, 0.5) is 0 Å². The summed E-state index contributed by atoms with van der Waals surface area (Å²) in [5, 5.41) is 11.3. The lowest BCUT2D eigenvalue weighted by Gasteiger charge is -2.01. The van der Waals surface area contributed by atoms with Gasteiger partial charge in [0.15, 0.2) is 0 Å². The van der Waals surface area contributed by atoms with E-state index in [9.17, 15) is 9.59 Å². The lowest BCUT2D eigenvalue weighted by molar-refractivity contribution is -0.118. The van der Waals surface area contributed by atoms with Crippen LogP contribution in [0.25, 0.3) is 0 Å². The number of amides is 2. The van der Waals surface area contributed by atoms with Crippen molar-refractivity contribution >= 4 is 23.2 Å². The summed E-state index contributed by atoms with van der Waals surface area (Å²) in [6, 6.07) is 3.48. The molecule has 1 aromatic heterocycles. The molecule has 0 radical (unpaired) electrons. The van der Waals surface area contributed by atoms with Gasteiger partial charge >= 0.3 is 0 Å². The van der Waals surface area contributed by atoms with E-state index in [2.05, 4.69) is 17.2 Å². The minimum absolute atomic E-state index is 0.0333. The van der Waals surface area contributed by atoms with Gasteiger partial charge in [0.25, 0.3) is 5.91 Å². The van der Waals surface area contributed by atoms with Gasteiger partial charge in [-0.25, -0.2) is 0 Å². The Labute approximate surface area is 115 Å². The Morgan fingerprint density at radius 3 is 2.89 bits per heavy atom. The van der Waals surface area contributed by atoms with Crippen LogP contribution < -0.4 is 11.1 Å². The van der Waals surface area contributed by atoms with Gasteiger partial charge in [-0.05, 0) is 18.6 Å². The molecular formula is C13H16N2O3S. The highest BCUT2D eigenvalue weighted by Gasteiger charge is 2.07. The second-order valence-corrected chi connectivity index (χ2v) is 4.85. The number of primary amides is 1. The molecule has 1 aromatic rings. The molecule has 6 heteroatoms. The summed E-state index contributed by atoms with van der Waals surface area (Å²) in [7, 11) is 0. The molecule has 19 heavy (non-hydrogen) atoms. The quantitative estimate of drug-likeness (QED) is 0.522. The van der Waals surface area contributed by atoms with Crippen LogP contribution in [0.3, 0.4) is 0 Å². The van der Waals surface area contributed by atoms with Gasteiger partial charge in [0.1, 0.15) is 0 Å². The summed E-state index contributed by atoms with van der Waals surface area (Å²) in [6.45, 7) is 0.455. The summed E-state index contributed by atoms with van der Waals surface area (Å²) in [6.07, 6.45) is 1.23. The van der Waals surface area contributed by atoms with E-state index in [4.69, 9.17) is 10.8 Å². The van der Waals surface area contributed by atoms with Crippen LogP contribution in [0.2, 0.25) is 0 Å². The molecule has 2 amide bonds. The van der Waals surface area contributed by atoms with Gasteiger partial charge in [0.05, 0.1) is 16.4 Å². The zero-order valence-electron chi connectivity index (χ0n) is 10.4. The molecule has 0 fully saturated rings. The van der Waals surface area contributed by atoms with E-state index in [0.717, 1.165) is 4.88 Å². The number of aliphatic hydroxyl groups excluding tert-OH is 1. The highest BCUT2D eigenvalue weighted by Crippen LogP contribution is 2.15. The highest BCUT2D eigenvalue weighted by molar-refractivity contribution is 7.14. The van der Waals surface area contributed by atoms with Gasteiger partial charge in [-0.1, -0.05) is 11.8 Å². The van der Waals surface area contributed by atoms with Gasteiger partial charge in [0.2, 0.25) is 5.91 Å². The van der Waals surface area contributed by atoms with Crippen LogP contribution in [0, 0.1) is 11.8 Å². The lowest BCUT2D eigenvalue weighted by Crippen LogP contribution is -2.24. The Morgan fingerprint density at radius 1 is 1.42 bits per heavy atom. The number of nitrogens with one attached hydrogen (secondary N) is 1. The number of rotatable bonds is 6. The fraction of sp³-hybridized carbons (Fsp3) is 0.385. The average Bonchev–Trinajstić information content (AvgIpc) is 2.83. The first kappa shape index (κ1) is 15.2. The SMILES string of the molecule is NC(=O)CCCNC(=O)c1ccc(C#CCCO)s1. The minimum Gasteiger partial charge on any atom is -0.395 e. The molecule has 0 aromatic carbocycles. The van der Waals surface area contributed by atoms with E-state index in [1.807, 2.05) is 0 Å². The Balaban J connectivity index is 2.41. The molecule has 0 bridgehead atoms. The molecule has 102 valence electrons. The first-order valence-electron chi connectivity index (χ1n) is 5.89. The van der Waals surface area contributed by atoms with Crippen LogP contribution in [-0.4, -0.2) is 30.1 Å². The predicted molar refractivity (Wildman–Crippen MR) is 73.7 cm³/mol. The largest absolute Gasteiger partial charge is 0.395 e. The Bertz CT molecular complexity index is 499. The molecule has 0 spiro atoms. The molecule has 0 unspecified atom stereocenters. The van der Waals surface area contributed by atoms with Crippen molar-refractivity contribution in [3.63, 3.8) is 0 Å². The number of nitrogens with two attached hydrogens (primary N) is 1. The number of hydrogen-bond acceptors (Lipinski definition) is 4. The van der Waals surface area contributed by atoms with E-state index in [-0.39, 0.29) is 24.8 Å². The van der Waals surface area contributed by atoms with Crippen LogP contribution in [0.1, 0.15) is 33.8 Å². The fourth-order valence-corrected chi connectivity index (χ4v) is 2.08. The molecule has 0 aliphatic carbocycles. The minimum atomic E-state index is -0.369. The number of hydrogen-bond donors (Lipinski definition) is 3. The maximum atomic E-state index is 11.7. The van der Waals surface area contributed by atoms with Crippen LogP contribution in [-0.2, 0) is 4.79 Å². The number of thiophene rings is 1. The molecular weight excluding hydrogens is 264 g/mol. The molecule has 1 heterocycles. The number of aliphatic hydroxyl groups is 1. The third-order valence-corrected chi connectivity index (χ3v) is 3.16. The van der Waals surface area contributed by atoms with Crippen LogP contribution >= 0.6 is 11.3 Å². The summed E-state index contributed by atoms with van der Waals surface area (Å²) in [5.41, 5.74) is 5.00. The van der Waals surface area contributed by atoms with Gasteiger partial charge in [-0.15, -0.1) is 11.3 Å². The molecule has 0 saturated carbocycles. The van der Waals surface area contributed by atoms with Gasteiger partial charge in [-0.2, -0.15) is 0 Å². The summed E-state index contributed by atoms with van der Waals surface area (Å²) in [5.74, 6) is 5.12. The van der Waals surface area contributed by atoms with Gasteiger partial charge in [-0.3, -0.25) is 9.59 Å². The molecule has 1 rings (SSSR count). The van der Waals surface area contributed by atoms with E-state index in [1.165, 1.54) is 11.3 Å². The van der Waals surface area contributed by atoms with Crippen LogP contribution in [0.15, 0.2) is 12.1 Å². The highest BCUT2D eigenvalue weighted by atomic mass is 32.1. The zero-order valence-corrected chi connectivity index (χ0v) is 11.3. The predicted octanol–water partition coefficient (Wildman–Crippen LogP) is 0.477. The molecule has 0 saturated heterocycles. The summed E-state index contributed by atoms with van der Waals surface area (Å²) < 4.78 is 0. The normalized spacial score (nSPS) is 9.53. The Morgan fingerprint density at radius 2 is 2.21 bits per heavy atom. The maximum Gasteiger partial charge on any atom is 0.261 e. The molecule has 0 atom stereocenters. The molecule has 4 N–H and O–H groups in total. The standard InChI is InChI=1S/C13H16N2O3S/c14-12(17)5-3-8-15-13(18)11-7-6-10(19-11)4-1-2-9-16/h6-7,16H,2-3,5,8-9H2,(H2,14,17)(H,15,18). The first-order valence-corrected chi connectivity index (χ1v) is 6.71. The fourth-order valence-electron chi connectivity index (χ4n) is 1.28. The van der Waals surface area contributed by atoms with Crippen molar-refractivity contribution in [3.8, 4) is 11.8 Å². The second kappa shape index (κ2) is 8.29. The Kier molecular flexibility index (Phi) is 6.64.